The van der Waals surface area contributed by atoms with Crippen LogP contribution in [0.3, 0.4) is 0 Å². The zero-order valence-corrected chi connectivity index (χ0v) is 5.80. The Morgan fingerprint density at radius 2 is 2.30 bits per heavy atom. The van der Waals surface area contributed by atoms with Crippen molar-refractivity contribution in [3.63, 3.8) is 0 Å². The summed E-state index contributed by atoms with van der Waals surface area (Å²) in [5.41, 5.74) is 0. The molecule has 3 heteroatoms. The second-order valence-electron chi connectivity index (χ2n) is 1.80. The van der Waals surface area contributed by atoms with Crippen molar-refractivity contribution in [3.8, 4) is 0 Å². The molecule has 0 heterocycles. The number of rotatable bonds is 5. The second kappa shape index (κ2) is 6.01. The molecule has 10 heavy (non-hydrogen) atoms. The highest BCUT2D eigenvalue weighted by atomic mass is 16.1. The van der Waals surface area contributed by atoms with Crippen LogP contribution in [-0.2, 0) is 9.59 Å². The van der Waals surface area contributed by atoms with Gasteiger partial charge in [0.15, 0.2) is 0 Å². The lowest BCUT2D eigenvalue weighted by Crippen LogP contribution is -2.21. The third-order valence-electron chi connectivity index (χ3n) is 0.983. The van der Waals surface area contributed by atoms with E-state index in [-0.39, 0.29) is 5.91 Å². The summed E-state index contributed by atoms with van der Waals surface area (Å²) in [7, 11) is 0. The first kappa shape index (κ1) is 8.88. The van der Waals surface area contributed by atoms with Gasteiger partial charge >= 0.3 is 0 Å². The average Bonchev–Trinajstić information content (AvgIpc) is 1.98. The smallest absolute Gasteiger partial charge is 0.243 e. The van der Waals surface area contributed by atoms with Crippen LogP contribution in [0.4, 0.5) is 0 Å². The molecule has 0 spiro atoms. The number of carbonyl (C=O) groups is 2. The minimum Gasteiger partial charge on any atom is -0.353 e. The zero-order valence-electron chi connectivity index (χ0n) is 5.80. The van der Waals surface area contributed by atoms with Crippen molar-refractivity contribution >= 4 is 12.2 Å². The lowest BCUT2D eigenvalue weighted by atomic mass is 10.3. The number of aldehydes is 1. The normalized spacial score (nSPS) is 8.40. The summed E-state index contributed by atoms with van der Waals surface area (Å²) in [6, 6.07) is 0. The summed E-state index contributed by atoms with van der Waals surface area (Å²) < 4.78 is 0. The summed E-state index contributed by atoms with van der Waals surface area (Å²) >= 11 is 0. The van der Waals surface area contributed by atoms with Gasteiger partial charge < -0.3 is 10.1 Å². The number of amides is 1. The standard InChI is InChI=1S/C7H11NO2/c1-2-7(10)8-5-3-4-6-9/h2,6H,1,3-5H2,(H,8,10). The fourth-order valence-electron chi connectivity index (χ4n) is 0.469. The van der Waals surface area contributed by atoms with Gasteiger partial charge in [0.2, 0.25) is 5.91 Å². The summed E-state index contributed by atoms with van der Waals surface area (Å²) in [6.45, 7) is 3.82. The number of nitrogens with one attached hydrogen (secondary N) is 1. The molecule has 1 N–H and O–H groups in total. The second-order valence-corrected chi connectivity index (χ2v) is 1.80. The first-order chi connectivity index (χ1) is 4.81. The molecule has 3 nitrogen and oxygen atoms in total. The highest BCUT2D eigenvalue weighted by Gasteiger charge is 1.90. The molecule has 0 aliphatic rings. The van der Waals surface area contributed by atoms with E-state index in [0.29, 0.717) is 19.4 Å². The van der Waals surface area contributed by atoms with E-state index in [0.717, 1.165) is 6.29 Å². The van der Waals surface area contributed by atoms with Crippen LogP contribution in [0.2, 0.25) is 0 Å². The van der Waals surface area contributed by atoms with E-state index in [1.165, 1.54) is 6.08 Å². The van der Waals surface area contributed by atoms with Crippen LogP contribution < -0.4 is 5.32 Å². The van der Waals surface area contributed by atoms with Gasteiger partial charge in [-0.05, 0) is 12.5 Å². The van der Waals surface area contributed by atoms with Gasteiger partial charge in [-0.15, -0.1) is 0 Å². The molecule has 0 unspecified atom stereocenters. The van der Waals surface area contributed by atoms with E-state index in [2.05, 4.69) is 11.9 Å². The van der Waals surface area contributed by atoms with Gasteiger partial charge in [0.1, 0.15) is 6.29 Å². The number of hydrogen-bond acceptors (Lipinski definition) is 2. The van der Waals surface area contributed by atoms with Crippen LogP contribution >= 0.6 is 0 Å². The van der Waals surface area contributed by atoms with Crippen LogP contribution in [0, 0.1) is 0 Å². The maximum atomic E-state index is 10.5. The van der Waals surface area contributed by atoms with Crippen molar-refractivity contribution in [2.24, 2.45) is 0 Å². The zero-order chi connectivity index (χ0) is 7.82. The van der Waals surface area contributed by atoms with E-state index in [1.807, 2.05) is 0 Å². The molecule has 0 bridgehead atoms. The van der Waals surface area contributed by atoms with Gasteiger partial charge in [0.25, 0.3) is 0 Å². The Kier molecular flexibility index (Phi) is 5.33. The highest BCUT2D eigenvalue weighted by molar-refractivity contribution is 5.86. The topological polar surface area (TPSA) is 46.2 Å². The van der Waals surface area contributed by atoms with Gasteiger partial charge in [-0.2, -0.15) is 0 Å². The van der Waals surface area contributed by atoms with Crippen molar-refractivity contribution in [1.82, 2.24) is 5.32 Å². The lowest BCUT2D eigenvalue weighted by molar-refractivity contribution is -0.116. The largest absolute Gasteiger partial charge is 0.353 e. The Labute approximate surface area is 60.1 Å². The molecule has 0 fully saturated rings. The third-order valence-corrected chi connectivity index (χ3v) is 0.983. The third kappa shape index (κ3) is 5.03. The Morgan fingerprint density at radius 3 is 2.80 bits per heavy atom. The predicted molar refractivity (Wildman–Crippen MR) is 38.5 cm³/mol. The Balaban J connectivity index is 3.11. The van der Waals surface area contributed by atoms with Crippen molar-refractivity contribution in [3.05, 3.63) is 12.7 Å². The summed E-state index contributed by atoms with van der Waals surface area (Å²) in [5.74, 6) is -0.189. The molecule has 0 radical (unpaired) electrons. The number of hydrogen-bond donors (Lipinski definition) is 1. The lowest BCUT2D eigenvalue weighted by Gasteiger charge is -1.96. The number of carbonyl (C=O) groups excluding carboxylic acids is 2. The molecule has 1 amide bonds. The Hall–Kier alpha value is -1.12. The average molecular weight is 141 g/mol. The first-order valence-electron chi connectivity index (χ1n) is 3.15. The highest BCUT2D eigenvalue weighted by Crippen LogP contribution is 1.80. The first-order valence-corrected chi connectivity index (χ1v) is 3.15. The molecular formula is C7H11NO2. The van der Waals surface area contributed by atoms with Gasteiger partial charge in [0.05, 0.1) is 0 Å². The Bertz CT molecular complexity index is 132. The van der Waals surface area contributed by atoms with Gasteiger partial charge in [-0.25, -0.2) is 0 Å². The maximum absolute atomic E-state index is 10.5. The SMILES string of the molecule is C=CC(=O)NCCCC=O. The maximum Gasteiger partial charge on any atom is 0.243 e. The predicted octanol–water partition coefficient (Wildman–Crippen LogP) is 0.268. The van der Waals surface area contributed by atoms with E-state index in [9.17, 15) is 9.59 Å². The molecular weight excluding hydrogens is 130 g/mol. The minimum atomic E-state index is -0.189. The van der Waals surface area contributed by atoms with Crippen LogP contribution in [0.1, 0.15) is 12.8 Å². The molecule has 0 aromatic rings. The van der Waals surface area contributed by atoms with Gasteiger partial charge in [-0.3, -0.25) is 4.79 Å². The van der Waals surface area contributed by atoms with Crippen LogP contribution in [-0.4, -0.2) is 18.7 Å². The van der Waals surface area contributed by atoms with E-state index in [1.54, 1.807) is 0 Å². The quantitative estimate of drug-likeness (QED) is 0.339. The van der Waals surface area contributed by atoms with Crippen LogP contribution in [0.15, 0.2) is 12.7 Å². The molecule has 0 aromatic carbocycles. The van der Waals surface area contributed by atoms with Crippen LogP contribution in [0.5, 0.6) is 0 Å². The van der Waals surface area contributed by atoms with E-state index in [4.69, 9.17) is 0 Å². The molecule has 56 valence electrons. The van der Waals surface area contributed by atoms with Gasteiger partial charge in [0, 0.05) is 13.0 Å². The fourth-order valence-corrected chi connectivity index (χ4v) is 0.469. The van der Waals surface area contributed by atoms with Crippen molar-refractivity contribution in [1.29, 1.82) is 0 Å². The summed E-state index contributed by atoms with van der Waals surface area (Å²) in [6.07, 6.45) is 3.24. The molecule has 0 atom stereocenters. The molecule has 0 saturated carbocycles. The molecule has 0 aliphatic carbocycles. The molecule has 0 aromatic heterocycles. The van der Waals surface area contributed by atoms with Gasteiger partial charge in [-0.1, -0.05) is 6.58 Å². The fraction of sp³-hybridized carbons (Fsp3) is 0.429. The molecule has 0 aliphatic heterocycles. The van der Waals surface area contributed by atoms with E-state index < -0.39 is 0 Å². The van der Waals surface area contributed by atoms with Crippen molar-refractivity contribution in [2.75, 3.05) is 6.54 Å². The summed E-state index contributed by atoms with van der Waals surface area (Å²) in [4.78, 5) is 20.2. The van der Waals surface area contributed by atoms with Crippen LogP contribution in [0.25, 0.3) is 0 Å². The summed E-state index contributed by atoms with van der Waals surface area (Å²) in [5, 5.41) is 2.55. The molecule has 0 rings (SSSR count). The Morgan fingerprint density at radius 1 is 1.60 bits per heavy atom. The molecule has 0 saturated heterocycles. The number of unbranched alkanes of at least 4 members (excludes halogenated alkanes) is 1. The minimum absolute atomic E-state index is 0.189. The monoisotopic (exact) mass is 141 g/mol. The van der Waals surface area contributed by atoms with Crippen molar-refractivity contribution < 1.29 is 9.59 Å². The van der Waals surface area contributed by atoms with Crippen molar-refractivity contribution in [2.45, 2.75) is 12.8 Å². The van der Waals surface area contributed by atoms with E-state index >= 15 is 0 Å².